The molecule has 10 nitrogen and oxygen atoms in total. The Morgan fingerprint density at radius 1 is 1.11 bits per heavy atom. The van der Waals surface area contributed by atoms with Crippen LogP contribution in [0.5, 0.6) is 0 Å². The van der Waals surface area contributed by atoms with Crippen LogP contribution in [0.1, 0.15) is 41.5 Å². The lowest BCUT2D eigenvalue weighted by Gasteiger charge is -2.19. The number of rotatable bonds is 2. The number of amides is 1. The fourth-order valence-electron chi connectivity index (χ4n) is 2.08. The summed E-state index contributed by atoms with van der Waals surface area (Å²) in [6, 6.07) is 1.35. The van der Waals surface area contributed by atoms with E-state index in [9.17, 15) is 19.6 Å². The minimum Gasteiger partial charge on any atom is -0.444 e. The number of pyridine rings is 1. The normalized spacial score (nSPS) is 12.0. The van der Waals surface area contributed by atoms with Gasteiger partial charge in [-0.05, 0) is 47.6 Å². The summed E-state index contributed by atoms with van der Waals surface area (Å²) in [5, 5.41) is 25.4. The van der Waals surface area contributed by atoms with Crippen LogP contribution in [0.4, 0.5) is 15.4 Å². The van der Waals surface area contributed by atoms with E-state index in [2.05, 4.69) is 15.4 Å². The second kappa shape index (κ2) is 7.16. The average molecular weight is 378 g/mol. The number of carbonyl (C=O) groups is 2. The van der Waals surface area contributed by atoms with Gasteiger partial charge in [0.05, 0.1) is 5.39 Å². The number of nitrogens with zero attached hydrogens (tertiary/aromatic N) is 3. The molecule has 0 saturated carbocycles. The highest BCUT2D eigenvalue weighted by atomic mass is 16.6. The second-order valence-electron chi connectivity index (χ2n) is 7.88. The van der Waals surface area contributed by atoms with Crippen LogP contribution >= 0.6 is 0 Å². The predicted octanol–water partition coefficient (Wildman–Crippen LogP) is 1.24. The van der Waals surface area contributed by atoms with E-state index in [0.29, 0.717) is 0 Å². The first-order valence-corrected chi connectivity index (χ1v) is 8.25. The molecule has 0 aliphatic heterocycles. The number of nitrogens with one attached hydrogen (secondary N) is 1. The highest BCUT2D eigenvalue weighted by Gasteiger charge is 2.26. The Morgan fingerprint density at radius 2 is 1.70 bits per heavy atom. The summed E-state index contributed by atoms with van der Waals surface area (Å²) in [7, 11) is -1.78. The van der Waals surface area contributed by atoms with E-state index >= 15 is 0 Å². The van der Waals surface area contributed by atoms with Crippen molar-refractivity contribution in [1.29, 1.82) is 0 Å². The van der Waals surface area contributed by atoms with Crippen molar-refractivity contribution in [1.82, 2.24) is 14.8 Å². The topological polar surface area (TPSA) is 136 Å². The van der Waals surface area contributed by atoms with Crippen LogP contribution in [-0.2, 0) is 9.47 Å². The molecule has 0 bridgehead atoms. The van der Waals surface area contributed by atoms with Gasteiger partial charge in [-0.3, -0.25) is 5.32 Å². The largest absolute Gasteiger partial charge is 0.490 e. The quantitative estimate of drug-likeness (QED) is 0.664. The molecular weight excluding hydrogens is 355 g/mol. The first-order chi connectivity index (χ1) is 12.3. The van der Waals surface area contributed by atoms with E-state index in [1.807, 2.05) is 0 Å². The molecule has 2 aromatic rings. The van der Waals surface area contributed by atoms with Gasteiger partial charge in [-0.1, -0.05) is 0 Å². The minimum absolute atomic E-state index is 0.0277. The summed E-state index contributed by atoms with van der Waals surface area (Å²) >= 11 is 0. The lowest BCUT2D eigenvalue weighted by Crippen LogP contribution is -2.30. The lowest BCUT2D eigenvalue weighted by atomic mass is 9.81. The smallest absolute Gasteiger partial charge is 0.444 e. The maximum absolute atomic E-state index is 12.4. The van der Waals surface area contributed by atoms with Gasteiger partial charge in [-0.2, -0.15) is 0 Å². The summed E-state index contributed by atoms with van der Waals surface area (Å²) in [5.41, 5.74) is -1.36. The molecule has 2 aromatic heterocycles. The number of carbonyl (C=O) groups excluding carboxylic acids is 2. The number of anilines is 1. The van der Waals surface area contributed by atoms with Gasteiger partial charge in [-0.15, -0.1) is 9.78 Å². The second-order valence-corrected chi connectivity index (χ2v) is 7.88. The molecule has 11 heteroatoms. The Morgan fingerprint density at radius 3 is 2.22 bits per heavy atom. The molecule has 1 amide bonds. The van der Waals surface area contributed by atoms with Crippen molar-refractivity contribution < 1.29 is 29.1 Å². The van der Waals surface area contributed by atoms with E-state index in [1.54, 1.807) is 41.5 Å². The molecule has 2 rings (SSSR count). The van der Waals surface area contributed by atoms with Gasteiger partial charge in [0, 0.05) is 11.7 Å². The summed E-state index contributed by atoms with van der Waals surface area (Å²) in [5.74, 6) is -0.0277. The third-order valence-electron chi connectivity index (χ3n) is 3.03. The summed E-state index contributed by atoms with van der Waals surface area (Å²) in [6.07, 6.45) is -0.394. The van der Waals surface area contributed by atoms with Crippen molar-refractivity contribution in [2.45, 2.75) is 52.7 Å². The van der Waals surface area contributed by atoms with Gasteiger partial charge in [0.15, 0.2) is 11.5 Å². The van der Waals surface area contributed by atoms with Gasteiger partial charge < -0.3 is 19.5 Å². The van der Waals surface area contributed by atoms with Crippen LogP contribution in [0, 0.1) is 0 Å². The van der Waals surface area contributed by atoms with Crippen LogP contribution in [0.3, 0.4) is 0 Å². The molecule has 0 aromatic carbocycles. The molecule has 3 N–H and O–H groups in total. The van der Waals surface area contributed by atoms with Crippen molar-refractivity contribution in [2.24, 2.45) is 0 Å². The molecule has 0 fully saturated rings. The van der Waals surface area contributed by atoms with Gasteiger partial charge in [0.2, 0.25) is 0 Å². The van der Waals surface area contributed by atoms with Crippen molar-refractivity contribution in [3.63, 3.8) is 0 Å². The molecule has 146 valence electrons. The van der Waals surface area contributed by atoms with Gasteiger partial charge in [0.25, 0.3) is 0 Å². The highest BCUT2D eigenvalue weighted by molar-refractivity contribution is 6.58. The third kappa shape index (κ3) is 5.41. The number of fused-ring (bicyclic) bond motifs is 1. The molecule has 0 unspecified atom stereocenters. The van der Waals surface area contributed by atoms with Crippen molar-refractivity contribution >= 4 is 41.6 Å². The maximum Gasteiger partial charge on any atom is 0.490 e. The summed E-state index contributed by atoms with van der Waals surface area (Å²) in [4.78, 5) is 28.5. The van der Waals surface area contributed by atoms with E-state index in [-0.39, 0.29) is 22.3 Å². The molecule has 0 radical (unpaired) electrons. The Bertz CT molecular complexity index is 866. The third-order valence-corrected chi connectivity index (χ3v) is 3.03. The first-order valence-electron chi connectivity index (χ1n) is 8.25. The SMILES string of the molecule is CC(C)(C)OC(=O)Nc1nn(C(=O)OC(C)(C)C)c2ncc(B(O)O)cc12. The Balaban J connectivity index is 2.49. The number of hydrogen-bond donors (Lipinski definition) is 3. The summed E-state index contributed by atoms with van der Waals surface area (Å²) in [6.45, 7) is 10.2. The predicted molar refractivity (Wildman–Crippen MR) is 98.8 cm³/mol. The highest BCUT2D eigenvalue weighted by Crippen LogP contribution is 2.22. The van der Waals surface area contributed by atoms with E-state index < -0.39 is 30.5 Å². The van der Waals surface area contributed by atoms with E-state index in [1.165, 1.54) is 12.3 Å². The molecule has 0 spiro atoms. The maximum atomic E-state index is 12.4. The van der Waals surface area contributed by atoms with Crippen molar-refractivity contribution in [2.75, 3.05) is 5.32 Å². The monoisotopic (exact) mass is 378 g/mol. The van der Waals surface area contributed by atoms with E-state index in [4.69, 9.17) is 9.47 Å². The average Bonchev–Trinajstić information content (AvgIpc) is 2.81. The minimum atomic E-state index is -1.78. The molecule has 0 aliphatic carbocycles. The van der Waals surface area contributed by atoms with Crippen LogP contribution in [0.15, 0.2) is 12.3 Å². The van der Waals surface area contributed by atoms with Crippen LogP contribution in [0.2, 0.25) is 0 Å². The zero-order valence-electron chi connectivity index (χ0n) is 16.1. The van der Waals surface area contributed by atoms with Gasteiger partial charge in [-0.25, -0.2) is 14.6 Å². The van der Waals surface area contributed by atoms with Crippen LogP contribution < -0.4 is 10.8 Å². The zero-order chi connectivity index (χ0) is 20.6. The van der Waals surface area contributed by atoms with Crippen molar-refractivity contribution in [3.8, 4) is 0 Å². The molecule has 0 saturated heterocycles. The lowest BCUT2D eigenvalue weighted by molar-refractivity contribution is 0.0519. The zero-order valence-corrected chi connectivity index (χ0v) is 16.1. The summed E-state index contributed by atoms with van der Waals surface area (Å²) < 4.78 is 11.4. The van der Waals surface area contributed by atoms with E-state index in [0.717, 1.165) is 4.68 Å². The molecule has 27 heavy (non-hydrogen) atoms. The Hall–Kier alpha value is -2.66. The fourth-order valence-corrected chi connectivity index (χ4v) is 2.08. The van der Waals surface area contributed by atoms with Crippen molar-refractivity contribution in [3.05, 3.63) is 12.3 Å². The van der Waals surface area contributed by atoms with Crippen LogP contribution in [0.25, 0.3) is 11.0 Å². The Kier molecular flexibility index (Phi) is 5.48. The standard InChI is InChI=1S/C16H23BN4O6/c1-15(2,3)26-13(22)19-11-10-7-9(17(24)25)8-18-12(10)21(20-11)14(23)27-16(4,5)6/h7-8,24-25H,1-6H3,(H,19,20,22). The number of hydrogen-bond acceptors (Lipinski definition) is 8. The number of ether oxygens (including phenoxy) is 2. The molecule has 2 heterocycles. The molecular formula is C16H23BN4O6. The van der Waals surface area contributed by atoms with Gasteiger partial charge >= 0.3 is 19.3 Å². The molecule has 0 aliphatic rings. The molecule has 0 atom stereocenters. The van der Waals surface area contributed by atoms with Crippen LogP contribution in [-0.4, -0.2) is 55.3 Å². The Labute approximate surface area is 156 Å². The van der Waals surface area contributed by atoms with Gasteiger partial charge in [0.1, 0.15) is 11.2 Å². The first kappa shape index (κ1) is 20.7. The fraction of sp³-hybridized carbons (Fsp3) is 0.500. The number of aromatic nitrogens is 3.